The van der Waals surface area contributed by atoms with Gasteiger partial charge in [-0.3, -0.25) is 38.8 Å². The van der Waals surface area contributed by atoms with E-state index in [9.17, 15) is 29.4 Å². The molecule has 0 aromatic heterocycles. The zero-order valence-corrected chi connectivity index (χ0v) is 18.8. The van der Waals surface area contributed by atoms with Crippen LogP contribution in [0.1, 0.15) is 12.8 Å². The van der Waals surface area contributed by atoms with Crippen LogP contribution in [0, 0.1) is 0 Å². The van der Waals surface area contributed by atoms with Gasteiger partial charge in [-0.2, -0.15) is 0 Å². The number of aliphatic carboxylic acids is 3. The van der Waals surface area contributed by atoms with E-state index in [1.54, 1.807) is 14.7 Å². The van der Waals surface area contributed by atoms with Crippen molar-refractivity contribution in [3.05, 3.63) is 0 Å². The van der Waals surface area contributed by atoms with Gasteiger partial charge in [0.15, 0.2) is 0 Å². The molecule has 13 heteroatoms. The van der Waals surface area contributed by atoms with Crippen LogP contribution in [0.25, 0.3) is 0 Å². The summed E-state index contributed by atoms with van der Waals surface area (Å²) in [6.45, 7) is 3.14. The topological polar surface area (TPSA) is 151 Å². The van der Waals surface area contributed by atoms with Gasteiger partial charge in [-0.25, -0.2) is 0 Å². The van der Waals surface area contributed by atoms with Gasteiger partial charge in [-0.05, 0) is 12.8 Å². The highest BCUT2D eigenvalue weighted by atomic mass is 31.0. The lowest BCUT2D eigenvalue weighted by atomic mass is 10.2. The second kappa shape index (κ2) is 15.0. The lowest BCUT2D eigenvalue weighted by Gasteiger charge is -2.30. The zero-order chi connectivity index (χ0) is 23.2. The van der Waals surface area contributed by atoms with E-state index in [1.807, 2.05) is 14.4 Å². The van der Waals surface area contributed by atoms with Crippen LogP contribution in [0.15, 0.2) is 0 Å². The van der Waals surface area contributed by atoms with Crippen molar-refractivity contribution in [2.75, 3.05) is 78.5 Å². The van der Waals surface area contributed by atoms with Crippen molar-refractivity contribution in [1.29, 1.82) is 0 Å². The molecule has 0 spiro atoms. The number of carboxylic acids is 3. The second-order valence-corrected chi connectivity index (χ2v) is 7.72. The Morgan fingerprint density at radius 2 is 0.871 bits per heavy atom. The first kappa shape index (κ1) is 27.2. The maximum absolute atomic E-state index is 11.7. The first-order valence-electron chi connectivity index (χ1n) is 10.1. The van der Waals surface area contributed by atoms with Crippen molar-refractivity contribution in [3.63, 3.8) is 0 Å². The molecule has 12 nitrogen and oxygen atoms in total. The first-order chi connectivity index (χ1) is 14.7. The number of rotatable bonds is 8. The minimum Gasteiger partial charge on any atom is -0.480 e. The standard InChI is InChI=1S/C18H33N4O8P/c23-15(24)11-19-3-1-4-21(13-17(27)28)9-10-22(14-18(29)30-31)6-2-5-20(8-7-19)12-16(25)26/h1-14,31H2,(H,23,24)(H,25,26)(H,27,28). The van der Waals surface area contributed by atoms with Crippen molar-refractivity contribution in [2.45, 2.75) is 12.8 Å². The minimum absolute atomic E-state index is 0.0513. The molecule has 1 aliphatic rings. The quantitative estimate of drug-likeness (QED) is 0.361. The van der Waals surface area contributed by atoms with Gasteiger partial charge in [-0.1, -0.05) is 0 Å². The number of hydrogen-bond acceptors (Lipinski definition) is 9. The number of nitrogens with zero attached hydrogens (tertiary/aromatic N) is 4. The average molecular weight is 464 g/mol. The van der Waals surface area contributed by atoms with Gasteiger partial charge < -0.3 is 19.8 Å². The minimum atomic E-state index is -0.968. The smallest absolute Gasteiger partial charge is 0.322 e. The summed E-state index contributed by atoms with van der Waals surface area (Å²) >= 11 is 0. The second-order valence-electron chi connectivity index (χ2n) is 7.48. The number of carboxylic acid groups (broad SMARTS) is 3. The molecule has 0 aliphatic carbocycles. The van der Waals surface area contributed by atoms with E-state index < -0.39 is 23.9 Å². The van der Waals surface area contributed by atoms with Crippen LogP contribution in [-0.2, 0) is 23.7 Å². The van der Waals surface area contributed by atoms with Crippen LogP contribution >= 0.6 is 9.47 Å². The molecule has 1 saturated heterocycles. The van der Waals surface area contributed by atoms with E-state index in [-0.39, 0.29) is 26.2 Å². The van der Waals surface area contributed by atoms with Crippen molar-refractivity contribution in [3.8, 4) is 0 Å². The molecule has 1 aliphatic heterocycles. The molecule has 1 heterocycles. The van der Waals surface area contributed by atoms with Gasteiger partial charge >= 0.3 is 23.9 Å². The average Bonchev–Trinajstić information content (AvgIpc) is 2.67. The SMILES string of the molecule is O=C(O)CN1CCCN(CC(=O)O)CCN(CC(=O)OP)CCCN(CC(=O)O)CC1. The molecule has 178 valence electrons. The maximum atomic E-state index is 11.7. The highest BCUT2D eigenvalue weighted by Crippen LogP contribution is 2.04. The van der Waals surface area contributed by atoms with Crippen molar-refractivity contribution < 1.29 is 39.0 Å². The van der Waals surface area contributed by atoms with Gasteiger partial charge in [0.1, 0.15) is 0 Å². The fourth-order valence-electron chi connectivity index (χ4n) is 3.47. The molecule has 0 radical (unpaired) electrons. The third-order valence-corrected chi connectivity index (χ3v) is 5.19. The molecule has 1 fully saturated rings. The van der Waals surface area contributed by atoms with Crippen LogP contribution < -0.4 is 0 Å². The number of carbonyl (C=O) groups is 4. The predicted octanol–water partition coefficient (Wildman–Crippen LogP) is -1.42. The monoisotopic (exact) mass is 464 g/mol. The van der Waals surface area contributed by atoms with E-state index in [0.29, 0.717) is 65.2 Å². The summed E-state index contributed by atoms with van der Waals surface area (Å²) in [4.78, 5) is 52.4. The number of carbonyl (C=O) groups excluding carboxylic acids is 1. The highest BCUT2D eigenvalue weighted by molar-refractivity contribution is 7.10. The fraction of sp³-hybridized carbons (Fsp3) is 0.778. The van der Waals surface area contributed by atoms with Gasteiger partial charge in [0, 0.05) is 52.4 Å². The van der Waals surface area contributed by atoms with Crippen LogP contribution in [0.2, 0.25) is 0 Å². The molecule has 0 amide bonds. The Morgan fingerprint density at radius 1 is 0.581 bits per heavy atom. The van der Waals surface area contributed by atoms with Gasteiger partial charge in [0.2, 0.25) is 0 Å². The van der Waals surface area contributed by atoms with Crippen LogP contribution in [-0.4, -0.2) is 137 Å². The molecule has 0 aromatic carbocycles. The Balaban J connectivity index is 2.90. The Hall–Kier alpha value is -1.85. The Labute approximate surface area is 184 Å². The maximum Gasteiger partial charge on any atom is 0.322 e. The molecule has 31 heavy (non-hydrogen) atoms. The van der Waals surface area contributed by atoms with E-state index in [2.05, 4.69) is 4.52 Å². The van der Waals surface area contributed by atoms with E-state index in [4.69, 9.17) is 5.11 Å². The summed E-state index contributed by atoms with van der Waals surface area (Å²) in [5.41, 5.74) is 0. The summed E-state index contributed by atoms with van der Waals surface area (Å²) < 4.78 is 4.66. The molecule has 3 N–H and O–H groups in total. The van der Waals surface area contributed by atoms with Crippen LogP contribution in [0.5, 0.6) is 0 Å². The molecule has 1 rings (SSSR count). The molecule has 1 atom stereocenters. The lowest BCUT2D eigenvalue weighted by molar-refractivity contribution is -0.140. The molecular formula is C18H33N4O8P. The highest BCUT2D eigenvalue weighted by Gasteiger charge is 2.19. The van der Waals surface area contributed by atoms with Crippen LogP contribution in [0.4, 0.5) is 0 Å². The van der Waals surface area contributed by atoms with Crippen molar-refractivity contribution in [2.24, 2.45) is 0 Å². The van der Waals surface area contributed by atoms with Gasteiger partial charge in [0.05, 0.1) is 35.6 Å². The molecule has 1 unspecified atom stereocenters. The van der Waals surface area contributed by atoms with Gasteiger partial charge in [-0.15, -0.1) is 0 Å². The largest absolute Gasteiger partial charge is 0.480 e. The van der Waals surface area contributed by atoms with Gasteiger partial charge in [0.25, 0.3) is 0 Å². The Bertz CT molecular complexity index is 609. The molecule has 0 saturated carbocycles. The third-order valence-electron chi connectivity index (χ3n) is 4.92. The number of hydrogen-bond donors (Lipinski definition) is 3. The fourth-order valence-corrected chi connectivity index (χ4v) is 3.55. The Kier molecular flexibility index (Phi) is 13.2. The first-order valence-corrected chi connectivity index (χ1v) is 10.6. The normalized spacial score (nSPS) is 19.4. The van der Waals surface area contributed by atoms with Crippen LogP contribution in [0.3, 0.4) is 0 Å². The summed E-state index contributed by atoms with van der Waals surface area (Å²) in [5, 5.41) is 27.5. The molecular weight excluding hydrogens is 431 g/mol. The summed E-state index contributed by atoms with van der Waals surface area (Å²) in [5.74, 6) is -3.31. The zero-order valence-electron chi connectivity index (χ0n) is 17.6. The molecule has 0 aromatic rings. The van der Waals surface area contributed by atoms with E-state index in [1.165, 1.54) is 0 Å². The predicted molar refractivity (Wildman–Crippen MR) is 114 cm³/mol. The summed E-state index contributed by atoms with van der Waals surface area (Å²) in [6.07, 6.45) is 1.16. The van der Waals surface area contributed by atoms with E-state index in [0.717, 1.165) is 0 Å². The third kappa shape index (κ3) is 13.2. The lowest BCUT2D eigenvalue weighted by Crippen LogP contribution is -2.44. The van der Waals surface area contributed by atoms with Crippen molar-refractivity contribution >= 4 is 33.3 Å². The van der Waals surface area contributed by atoms with E-state index >= 15 is 0 Å². The van der Waals surface area contributed by atoms with Crippen molar-refractivity contribution in [1.82, 2.24) is 19.6 Å². The summed E-state index contributed by atoms with van der Waals surface area (Å²) in [7, 11) is 1.91. The summed E-state index contributed by atoms with van der Waals surface area (Å²) in [6, 6.07) is 0. The molecule has 0 bridgehead atoms. The Morgan fingerprint density at radius 3 is 1.13 bits per heavy atom.